The van der Waals surface area contributed by atoms with E-state index >= 15 is 0 Å². The molecule has 3 amide bonds. The molecule has 4 rings (SSSR count). The molecule has 20 heavy (non-hydrogen) atoms. The third-order valence-electron chi connectivity index (χ3n) is 3.88. The molecule has 0 radical (unpaired) electrons. The van der Waals surface area contributed by atoms with Crippen LogP contribution in [-0.4, -0.2) is 24.1 Å². The Morgan fingerprint density at radius 2 is 1.90 bits per heavy atom. The van der Waals surface area contributed by atoms with Crippen molar-refractivity contribution in [2.75, 3.05) is 0 Å². The van der Waals surface area contributed by atoms with E-state index in [-0.39, 0.29) is 18.1 Å². The lowest BCUT2D eigenvalue weighted by atomic mass is 9.80. The minimum Gasteiger partial charge on any atom is -0.361 e. The predicted molar refractivity (Wildman–Crippen MR) is 70.7 cm³/mol. The topological polar surface area (TPSA) is 70.7 Å². The van der Waals surface area contributed by atoms with Gasteiger partial charge in [-0.15, -0.1) is 0 Å². The Hall–Kier alpha value is -2.40. The van der Waals surface area contributed by atoms with Gasteiger partial charge in [0.05, 0.1) is 0 Å². The zero-order valence-electron chi connectivity index (χ0n) is 10.5. The van der Waals surface area contributed by atoms with Crippen molar-refractivity contribution >= 4 is 11.9 Å². The van der Waals surface area contributed by atoms with Crippen molar-refractivity contribution in [3.63, 3.8) is 0 Å². The van der Waals surface area contributed by atoms with Crippen LogP contribution in [0.5, 0.6) is 0 Å². The van der Waals surface area contributed by atoms with Gasteiger partial charge in [-0.25, -0.2) is 4.79 Å². The third-order valence-corrected chi connectivity index (χ3v) is 3.88. The van der Waals surface area contributed by atoms with Gasteiger partial charge in [-0.1, -0.05) is 42.5 Å². The molecule has 2 N–H and O–H groups in total. The van der Waals surface area contributed by atoms with E-state index in [9.17, 15) is 9.59 Å². The highest BCUT2D eigenvalue weighted by molar-refractivity contribution is 6.09. The summed E-state index contributed by atoms with van der Waals surface area (Å²) in [6, 6.07) is 8.75. The minimum absolute atomic E-state index is 0.0147. The highest BCUT2D eigenvalue weighted by Gasteiger charge is 2.52. The minimum atomic E-state index is -1.16. The normalized spacial score (nSPS) is 34.1. The van der Waals surface area contributed by atoms with Gasteiger partial charge in [0.1, 0.15) is 12.2 Å². The molecule has 0 spiro atoms. The van der Waals surface area contributed by atoms with Crippen LogP contribution in [0.25, 0.3) is 0 Å². The monoisotopic (exact) mass is 268 g/mol. The average molecular weight is 268 g/mol. The fraction of sp³-hybridized carbons (Fsp3) is 0.200. The number of carbonyl (C=O) groups is 2. The Morgan fingerprint density at radius 1 is 1.10 bits per heavy atom. The Kier molecular flexibility index (Phi) is 2.17. The predicted octanol–water partition coefficient (Wildman–Crippen LogP) is 0.985. The third kappa shape index (κ3) is 1.47. The van der Waals surface area contributed by atoms with Gasteiger partial charge in [0.2, 0.25) is 0 Å². The van der Waals surface area contributed by atoms with Crippen LogP contribution in [0.3, 0.4) is 0 Å². The molecule has 3 atom stereocenters. The first kappa shape index (κ1) is 11.4. The first-order chi connectivity index (χ1) is 9.70. The largest absolute Gasteiger partial charge is 0.361 e. The summed E-state index contributed by atoms with van der Waals surface area (Å²) in [7, 11) is 0. The molecule has 3 unspecified atom stereocenters. The van der Waals surface area contributed by atoms with Gasteiger partial charge in [0.15, 0.2) is 5.54 Å². The Labute approximate surface area is 115 Å². The summed E-state index contributed by atoms with van der Waals surface area (Å²) in [6.07, 6.45) is 5.81. The molecule has 100 valence electrons. The van der Waals surface area contributed by atoms with E-state index in [0.29, 0.717) is 0 Å². The van der Waals surface area contributed by atoms with Crippen molar-refractivity contribution in [1.82, 2.24) is 10.6 Å². The van der Waals surface area contributed by atoms with Gasteiger partial charge in [-0.3, -0.25) is 10.1 Å². The van der Waals surface area contributed by atoms with Gasteiger partial charge in [-0.05, 0) is 17.2 Å². The number of benzene rings is 1. The van der Waals surface area contributed by atoms with Gasteiger partial charge in [0.25, 0.3) is 5.91 Å². The second-order valence-electron chi connectivity index (χ2n) is 5.07. The first-order valence-corrected chi connectivity index (χ1v) is 6.45. The number of amides is 3. The van der Waals surface area contributed by atoms with Crippen molar-refractivity contribution in [3.05, 3.63) is 59.7 Å². The number of fused-ring (bicyclic) bond motifs is 1. The summed E-state index contributed by atoms with van der Waals surface area (Å²) in [5, 5.41) is 5.09. The summed E-state index contributed by atoms with van der Waals surface area (Å²) >= 11 is 0. The van der Waals surface area contributed by atoms with E-state index < -0.39 is 11.6 Å². The second kappa shape index (κ2) is 3.80. The van der Waals surface area contributed by atoms with E-state index in [4.69, 9.17) is 4.74 Å². The summed E-state index contributed by atoms with van der Waals surface area (Å²) in [6.45, 7) is 0. The van der Waals surface area contributed by atoms with Crippen LogP contribution in [0.15, 0.2) is 54.1 Å². The van der Waals surface area contributed by atoms with E-state index in [1.165, 1.54) is 0 Å². The van der Waals surface area contributed by atoms with Crippen LogP contribution in [0, 0.1) is 0 Å². The van der Waals surface area contributed by atoms with Gasteiger partial charge >= 0.3 is 6.03 Å². The number of imide groups is 1. The number of hydrogen-bond donors (Lipinski definition) is 2. The highest BCUT2D eigenvalue weighted by Crippen LogP contribution is 2.39. The van der Waals surface area contributed by atoms with Crippen LogP contribution in [-0.2, 0) is 15.1 Å². The number of urea groups is 1. The number of rotatable bonds is 2. The quantitative estimate of drug-likeness (QED) is 0.620. The van der Waals surface area contributed by atoms with Crippen LogP contribution in [0.4, 0.5) is 4.79 Å². The molecular formula is C15H12N2O3. The standard InChI is InChI=1S/C15H12N2O3/c18-13-15(17-14(19)16-13,9-4-2-1-3-5-9)10-6-7-11-12(8-10)20-11/h1-8,11-12H,(H2,16,17,18,19). The molecule has 1 aliphatic carbocycles. The summed E-state index contributed by atoms with van der Waals surface area (Å²) < 4.78 is 5.40. The van der Waals surface area contributed by atoms with Gasteiger partial charge in [-0.2, -0.15) is 0 Å². The SMILES string of the molecule is O=C1NC(=O)C(C2=CC3OC3C=C2)(c2ccccc2)N1. The Bertz CT molecular complexity index is 665. The summed E-state index contributed by atoms with van der Waals surface area (Å²) in [4.78, 5) is 24.1. The van der Waals surface area contributed by atoms with Crippen LogP contribution < -0.4 is 10.6 Å². The second-order valence-corrected chi connectivity index (χ2v) is 5.07. The lowest BCUT2D eigenvalue weighted by Gasteiger charge is -2.28. The molecule has 1 aromatic carbocycles. The van der Waals surface area contributed by atoms with E-state index in [2.05, 4.69) is 10.6 Å². The molecule has 2 fully saturated rings. The molecule has 3 aliphatic rings. The zero-order valence-corrected chi connectivity index (χ0v) is 10.5. The number of ether oxygens (including phenoxy) is 1. The van der Waals surface area contributed by atoms with E-state index in [1.807, 2.05) is 48.6 Å². The van der Waals surface area contributed by atoms with Crippen molar-refractivity contribution in [3.8, 4) is 0 Å². The molecule has 5 nitrogen and oxygen atoms in total. The van der Waals surface area contributed by atoms with Gasteiger partial charge in [0, 0.05) is 0 Å². The summed E-state index contributed by atoms with van der Waals surface area (Å²) in [5.74, 6) is -0.358. The number of epoxide rings is 1. The fourth-order valence-corrected chi connectivity index (χ4v) is 2.82. The number of carbonyl (C=O) groups excluding carboxylic acids is 2. The smallest absolute Gasteiger partial charge is 0.322 e. The maximum absolute atomic E-state index is 12.4. The molecule has 1 aromatic rings. The van der Waals surface area contributed by atoms with Crippen LogP contribution in [0.2, 0.25) is 0 Å². The highest BCUT2D eigenvalue weighted by atomic mass is 16.6. The Balaban J connectivity index is 1.88. The average Bonchev–Trinajstić information content (AvgIpc) is 3.17. The fourth-order valence-electron chi connectivity index (χ4n) is 2.82. The number of nitrogens with one attached hydrogen (secondary N) is 2. The maximum atomic E-state index is 12.4. The molecular weight excluding hydrogens is 256 g/mol. The molecule has 0 saturated carbocycles. The van der Waals surface area contributed by atoms with E-state index in [0.717, 1.165) is 11.1 Å². The summed E-state index contributed by atoms with van der Waals surface area (Å²) in [5.41, 5.74) is 0.315. The molecule has 2 saturated heterocycles. The lowest BCUT2D eigenvalue weighted by Crippen LogP contribution is -2.45. The zero-order chi connectivity index (χ0) is 13.7. The molecule has 5 heteroatoms. The molecule has 2 heterocycles. The molecule has 0 bridgehead atoms. The van der Waals surface area contributed by atoms with Crippen molar-refractivity contribution < 1.29 is 14.3 Å². The van der Waals surface area contributed by atoms with Gasteiger partial charge < -0.3 is 10.1 Å². The first-order valence-electron chi connectivity index (χ1n) is 6.45. The van der Waals surface area contributed by atoms with Crippen LogP contribution >= 0.6 is 0 Å². The Morgan fingerprint density at radius 3 is 2.55 bits per heavy atom. The van der Waals surface area contributed by atoms with Crippen molar-refractivity contribution in [2.45, 2.75) is 17.7 Å². The lowest BCUT2D eigenvalue weighted by molar-refractivity contribution is -0.122. The maximum Gasteiger partial charge on any atom is 0.322 e. The molecule has 0 aromatic heterocycles. The van der Waals surface area contributed by atoms with E-state index in [1.54, 1.807) is 0 Å². The molecule has 2 aliphatic heterocycles. The van der Waals surface area contributed by atoms with Crippen LogP contribution in [0.1, 0.15) is 5.56 Å². The number of hydrogen-bond acceptors (Lipinski definition) is 3. The van der Waals surface area contributed by atoms with Crippen molar-refractivity contribution in [2.24, 2.45) is 0 Å². The van der Waals surface area contributed by atoms with Crippen molar-refractivity contribution in [1.29, 1.82) is 0 Å².